The van der Waals surface area contributed by atoms with Crippen molar-refractivity contribution in [3.8, 4) is 0 Å². The highest BCUT2D eigenvalue weighted by Crippen LogP contribution is 2.27. The van der Waals surface area contributed by atoms with Crippen LogP contribution in [0.4, 0.5) is 0 Å². The van der Waals surface area contributed by atoms with Gasteiger partial charge in [-0.15, -0.1) is 0 Å². The standard InChI is InChI=1S/C13H17BrN2O2/c1-3-9-7-10(16(4-2)15-9)8-12(17)13-11(14)5-6-18-13/h5-7,12,17H,3-4,8H2,1-2H3. The van der Waals surface area contributed by atoms with Crippen molar-refractivity contribution in [2.45, 2.75) is 39.3 Å². The van der Waals surface area contributed by atoms with Gasteiger partial charge in [0.05, 0.1) is 16.4 Å². The predicted molar refractivity (Wildman–Crippen MR) is 72.4 cm³/mol. The fraction of sp³-hybridized carbons (Fsp3) is 0.462. The molecule has 1 atom stereocenters. The molecule has 98 valence electrons. The number of halogens is 1. The van der Waals surface area contributed by atoms with E-state index in [0.29, 0.717) is 12.2 Å². The van der Waals surface area contributed by atoms with Crippen LogP contribution in [0.25, 0.3) is 0 Å². The van der Waals surface area contributed by atoms with Crippen molar-refractivity contribution in [2.75, 3.05) is 0 Å². The third-order valence-corrected chi connectivity index (χ3v) is 3.58. The molecule has 0 fully saturated rings. The van der Waals surface area contributed by atoms with Crippen LogP contribution in [0, 0.1) is 0 Å². The Hall–Kier alpha value is -1.07. The van der Waals surface area contributed by atoms with Gasteiger partial charge in [-0.05, 0) is 41.4 Å². The van der Waals surface area contributed by atoms with E-state index in [1.54, 1.807) is 12.3 Å². The van der Waals surface area contributed by atoms with Gasteiger partial charge in [-0.3, -0.25) is 4.68 Å². The molecule has 5 heteroatoms. The van der Waals surface area contributed by atoms with Gasteiger partial charge in [-0.1, -0.05) is 6.92 Å². The fourth-order valence-electron chi connectivity index (χ4n) is 1.96. The van der Waals surface area contributed by atoms with Gasteiger partial charge in [0, 0.05) is 18.7 Å². The lowest BCUT2D eigenvalue weighted by molar-refractivity contribution is 0.146. The molecule has 0 radical (unpaired) electrons. The van der Waals surface area contributed by atoms with Crippen molar-refractivity contribution in [1.82, 2.24) is 9.78 Å². The summed E-state index contributed by atoms with van der Waals surface area (Å²) in [5.41, 5.74) is 2.09. The average molecular weight is 313 g/mol. The first-order chi connectivity index (χ1) is 8.65. The number of furan rings is 1. The molecule has 0 aliphatic rings. The summed E-state index contributed by atoms with van der Waals surface area (Å²) in [7, 11) is 0. The summed E-state index contributed by atoms with van der Waals surface area (Å²) >= 11 is 3.36. The number of hydrogen-bond acceptors (Lipinski definition) is 3. The zero-order valence-electron chi connectivity index (χ0n) is 10.6. The summed E-state index contributed by atoms with van der Waals surface area (Å²) in [6, 6.07) is 3.83. The summed E-state index contributed by atoms with van der Waals surface area (Å²) in [6.07, 6.45) is 2.33. The maximum atomic E-state index is 10.2. The minimum Gasteiger partial charge on any atom is -0.465 e. The molecule has 2 aromatic heterocycles. The van der Waals surface area contributed by atoms with Crippen LogP contribution < -0.4 is 0 Å². The highest BCUT2D eigenvalue weighted by atomic mass is 79.9. The van der Waals surface area contributed by atoms with Crippen LogP contribution in [-0.2, 0) is 19.4 Å². The first-order valence-corrected chi connectivity index (χ1v) is 6.91. The Labute approximate surface area is 115 Å². The quantitative estimate of drug-likeness (QED) is 0.923. The van der Waals surface area contributed by atoms with E-state index in [1.165, 1.54) is 0 Å². The Balaban J connectivity index is 2.18. The normalized spacial score (nSPS) is 12.9. The molecule has 2 heterocycles. The van der Waals surface area contributed by atoms with Crippen molar-refractivity contribution >= 4 is 15.9 Å². The van der Waals surface area contributed by atoms with Crippen LogP contribution in [0.3, 0.4) is 0 Å². The minimum atomic E-state index is -0.652. The SMILES string of the molecule is CCc1cc(CC(O)c2occc2Br)n(CC)n1. The number of rotatable bonds is 5. The number of aromatic nitrogens is 2. The van der Waals surface area contributed by atoms with Crippen LogP contribution in [0.5, 0.6) is 0 Å². The van der Waals surface area contributed by atoms with Gasteiger partial charge in [-0.25, -0.2) is 0 Å². The maximum absolute atomic E-state index is 10.2. The van der Waals surface area contributed by atoms with E-state index in [1.807, 2.05) is 17.7 Å². The van der Waals surface area contributed by atoms with Gasteiger partial charge in [0.2, 0.25) is 0 Å². The van der Waals surface area contributed by atoms with Crippen LogP contribution in [0.2, 0.25) is 0 Å². The smallest absolute Gasteiger partial charge is 0.146 e. The molecule has 0 amide bonds. The highest BCUT2D eigenvalue weighted by Gasteiger charge is 2.18. The van der Waals surface area contributed by atoms with Crippen molar-refractivity contribution in [1.29, 1.82) is 0 Å². The van der Waals surface area contributed by atoms with Gasteiger partial charge in [0.15, 0.2) is 0 Å². The Kier molecular flexibility index (Phi) is 4.24. The van der Waals surface area contributed by atoms with E-state index in [4.69, 9.17) is 4.42 Å². The van der Waals surface area contributed by atoms with Crippen molar-refractivity contribution in [2.24, 2.45) is 0 Å². The van der Waals surface area contributed by atoms with Crippen LogP contribution in [0.15, 0.2) is 27.3 Å². The number of hydrogen-bond donors (Lipinski definition) is 1. The van der Waals surface area contributed by atoms with Crippen molar-refractivity contribution in [3.05, 3.63) is 40.0 Å². The monoisotopic (exact) mass is 312 g/mol. The van der Waals surface area contributed by atoms with Gasteiger partial charge in [0.25, 0.3) is 0 Å². The lowest BCUT2D eigenvalue weighted by atomic mass is 10.1. The summed E-state index contributed by atoms with van der Waals surface area (Å²) in [5.74, 6) is 0.567. The van der Waals surface area contributed by atoms with Gasteiger partial charge in [-0.2, -0.15) is 5.10 Å². The van der Waals surface area contributed by atoms with E-state index >= 15 is 0 Å². The molecular weight excluding hydrogens is 296 g/mol. The molecule has 2 aromatic rings. The molecule has 0 saturated heterocycles. The molecular formula is C13H17BrN2O2. The Bertz CT molecular complexity index is 519. The van der Waals surface area contributed by atoms with E-state index in [9.17, 15) is 5.11 Å². The number of aliphatic hydroxyl groups excluding tert-OH is 1. The highest BCUT2D eigenvalue weighted by molar-refractivity contribution is 9.10. The number of aryl methyl sites for hydroxylation is 2. The lowest BCUT2D eigenvalue weighted by Crippen LogP contribution is -2.08. The van der Waals surface area contributed by atoms with E-state index in [2.05, 4.69) is 28.0 Å². The van der Waals surface area contributed by atoms with E-state index < -0.39 is 6.10 Å². The van der Waals surface area contributed by atoms with Gasteiger partial charge < -0.3 is 9.52 Å². The average Bonchev–Trinajstić information content (AvgIpc) is 2.95. The summed E-state index contributed by atoms with van der Waals surface area (Å²) in [5, 5.41) is 14.6. The first kappa shape index (κ1) is 13.4. The van der Waals surface area contributed by atoms with Crippen LogP contribution in [-0.4, -0.2) is 14.9 Å². The van der Waals surface area contributed by atoms with E-state index in [-0.39, 0.29) is 0 Å². The summed E-state index contributed by atoms with van der Waals surface area (Å²) in [4.78, 5) is 0. The fourth-order valence-corrected chi connectivity index (χ4v) is 2.43. The second-order valence-electron chi connectivity index (χ2n) is 4.15. The Morgan fingerprint density at radius 1 is 1.50 bits per heavy atom. The molecule has 0 spiro atoms. The van der Waals surface area contributed by atoms with E-state index in [0.717, 1.165) is 28.8 Å². The molecule has 4 nitrogen and oxygen atoms in total. The Morgan fingerprint density at radius 2 is 2.28 bits per heavy atom. The summed E-state index contributed by atoms with van der Waals surface area (Å²) < 4.78 is 8.01. The number of aliphatic hydroxyl groups is 1. The molecule has 0 aliphatic carbocycles. The van der Waals surface area contributed by atoms with Crippen LogP contribution in [0.1, 0.15) is 37.1 Å². The van der Waals surface area contributed by atoms with Crippen molar-refractivity contribution in [3.63, 3.8) is 0 Å². The molecule has 0 aliphatic heterocycles. The Morgan fingerprint density at radius 3 is 2.83 bits per heavy atom. The van der Waals surface area contributed by atoms with Crippen LogP contribution >= 0.6 is 15.9 Å². The molecule has 1 unspecified atom stereocenters. The topological polar surface area (TPSA) is 51.2 Å². The third-order valence-electron chi connectivity index (χ3n) is 2.93. The van der Waals surface area contributed by atoms with Gasteiger partial charge >= 0.3 is 0 Å². The molecule has 0 bridgehead atoms. The second-order valence-corrected chi connectivity index (χ2v) is 5.00. The van der Waals surface area contributed by atoms with Gasteiger partial charge in [0.1, 0.15) is 11.9 Å². The molecule has 2 rings (SSSR count). The number of nitrogens with zero attached hydrogens (tertiary/aromatic N) is 2. The minimum absolute atomic E-state index is 0.507. The molecule has 0 aromatic carbocycles. The van der Waals surface area contributed by atoms with Crippen molar-refractivity contribution < 1.29 is 9.52 Å². The predicted octanol–water partition coefficient (Wildman–Crippen LogP) is 3.10. The summed E-state index contributed by atoms with van der Waals surface area (Å²) in [6.45, 7) is 4.93. The zero-order chi connectivity index (χ0) is 13.1. The molecule has 18 heavy (non-hydrogen) atoms. The third kappa shape index (κ3) is 2.67. The maximum Gasteiger partial charge on any atom is 0.146 e. The molecule has 1 N–H and O–H groups in total. The largest absolute Gasteiger partial charge is 0.465 e. The lowest BCUT2D eigenvalue weighted by Gasteiger charge is -2.09. The first-order valence-electron chi connectivity index (χ1n) is 6.12. The second kappa shape index (κ2) is 5.71. The molecule has 0 saturated carbocycles. The zero-order valence-corrected chi connectivity index (χ0v) is 12.1.